The quantitative estimate of drug-likeness (QED) is 0.553. The summed E-state index contributed by atoms with van der Waals surface area (Å²) in [5, 5.41) is 11.3. The minimum absolute atomic E-state index is 0.244. The van der Waals surface area contributed by atoms with Gasteiger partial charge in [0.2, 0.25) is 10.0 Å². The van der Waals surface area contributed by atoms with Crippen molar-refractivity contribution in [1.82, 2.24) is 9.21 Å². The Bertz CT molecular complexity index is 910. The van der Waals surface area contributed by atoms with Crippen LogP contribution in [0.3, 0.4) is 0 Å². The molecule has 1 fully saturated rings. The van der Waals surface area contributed by atoms with Crippen LogP contribution in [0.4, 0.5) is 5.69 Å². The van der Waals surface area contributed by atoms with Crippen LogP contribution in [0.15, 0.2) is 53.4 Å². The standard InChI is InChI=1S/C18H21N3O5S/c1-26-16-7-8-18(17(13-16)21(22)23)27(24,25)20-11-9-19(10-12-20)14-15-5-3-2-4-6-15/h2-8,13H,9-12,14H2,1H3. The molecule has 0 amide bonds. The van der Waals surface area contributed by atoms with Gasteiger partial charge in [-0.25, -0.2) is 8.42 Å². The Hall–Kier alpha value is -2.49. The van der Waals surface area contributed by atoms with E-state index in [9.17, 15) is 18.5 Å². The summed E-state index contributed by atoms with van der Waals surface area (Å²) in [6.45, 7) is 2.46. The number of sulfonamides is 1. The van der Waals surface area contributed by atoms with Gasteiger partial charge in [-0.2, -0.15) is 4.31 Å². The number of rotatable bonds is 6. The molecular formula is C18H21N3O5S. The van der Waals surface area contributed by atoms with E-state index in [1.165, 1.54) is 29.1 Å². The summed E-state index contributed by atoms with van der Waals surface area (Å²) in [5.74, 6) is 0.244. The largest absolute Gasteiger partial charge is 0.497 e. The highest BCUT2D eigenvalue weighted by molar-refractivity contribution is 7.89. The molecule has 1 aliphatic rings. The predicted octanol–water partition coefficient (Wildman–Crippen LogP) is 2.11. The number of nitro groups is 1. The van der Waals surface area contributed by atoms with Crippen molar-refractivity contribution >= 4 is 15.7 Å². The third-order valence-corrected chi connectivity index (χ3v) is 6.51. The lowest BCUT2D eigenvalue weighted by Gasteiger charge is -2.33. The number of piperazine rings is 1. The SMILES string of the molecule is COc1ccc(S(=O)(=O)N2CCN(Cc3ccccc3)CC2)c([N+](=O)[O-])c1. The van der Waals surface area contributed by atoms with E-state index in [0.29, 0.717) is 26.2 Å². The fraction of sp³-hybridized carbons (Fsp3) is 0.333. The number of hydrogen-bond acceptors (Lipinski definition) is 6. The van der Waals surface area contributed by atoms with Crippen molar-refractivity contribution in [1.29, 1.82) is 0 Å². The Labute approximate surface area is 158 Å². The summed E-state index contributed by atoms with van der Waals surface area (Å²) in [6, 6.07) is 13.8. The Kier molecular flexibility index (Phi) is 5.73. The van der Waals surface area contributed by atoms with Crippen molar-refractivity contribution < 1.29 is 18.1 Å². The van der Waals surface area contributed by atoms with Crippen molar-refractivity contribution in [2.75, 3.05) is 33.3 Å². The number of ether oxygens (including phenoxy) is 1. The molecule has 0 atom stereocenters. The lowest BCUT2D eigenvalue weighted by atomic mass is 10.2. The normalized spacial score (nSPS) is 16.2. The summed E-state index contributed by atoms with van der Waals surface area (Å²) in [4.78, 5) is 12.5. The minimum Gasteiger partial charge on any atom is -0.497 e. The molecule has 27 heavy (non-hydrogen) atoms. The van der Waals surface area contributed by atoms with Crippen LogP contribution in [0.5, 0.6) is 5.75 Å². The molecule has 0 aromatic heterocycles. The van der Waals surface area contributed by atoms with Crippen LogP contribution >= 0.6 is 0 Å². The summed E-state index contributed by atoms with van der Waals surface area (Å²) in [6.07, 6.45) is 0. The van der Waals surface area contributed by atoms with Crippen molar-refractivity contribution in [3.05, 3.63) is 64.2 Å². The highest BCUT2D eigenvalue weighted by atomic mass is 32.2. The summed E-state index contributed by atoms with van der Waals surface area (Å²) in [5.41, 5.74) is 0.695. The van der Waals surface area contributed by atoms with E-state index in [0.717, 1.165) is 12.6 Å². The van der Waals surface area contributed by atoms with Gasteiger partial charge in [-0.05, 0) is 17.7 Å². The van der Waals surface area contributed by atoms with Gasteiger partial charge in [0.15, 0.2) is 4.90 Å². The second-order valence-corrected chi connectivity index (χ2v) is 8.16. The maximum absolute atomic E-state index is 12.9. The summed E-state index contributed by atoms with van der Waals surface area (Å²) < 4.78 is 32.2. The molecule has 0 bridgehead atoms. The fourth-order valence-corrected chi connectivity index (χ4v) is 4.65. The van der Waals surface area contributed by atoms with E-state index in [4.69, 9.17) is 4.74 Å². The van der Waals surface area contributed by atoms with Gasteiger partial charge < -0.3 is 4.74 Å². The average Bonchev–Trinajstić information content (AvgIpc) is 2.68. The van der Waals surface area contributed by atoms with Crippen molar-refractivity contribution in [2.45, 2.75) is 11.4 Å². The molecule has 1 saturated heterocycles. The number of benzene rings is 2. The first-order chi connectivity index (χ1) is 12.9. The van der Waals surface area contributed by atoms with E-state index in [1.54, 1.807) is 0 Å². The Morgan fingerprint density at radius 2 is 1.74 bits per heavy atom. The van der Waals surface area contributed by atoms with Crippen molar-refractivity contribution in [3.8, 4) is 5.75 Å². The molecule has 1 heterocycles. The second-order valence-electron chi connectivity index (χ2n) is 6.26. The van der Waals surface area contributed by atoms with Crippen LogP contribution < -0.4 is 4.74 Å². The van der Waals surface area contributed by atoms with Crippen LogP contribution in [-0.2, 0) is 16.6 Å². The first-order valence-electron chi connectivity index (χ1n) is 8.50. The van der Waals surface area contributed by atoms with Gasteiger partial charge in [0.05, 0.1) is 18.1 Å². The molecule has 2 aromatic rings. The molecule has 0 aliphatic carbocycles. The highest BCUT2D eigenvalue weighted by Gasteiger charge is 2.34. The fourth-order valence-electron chi connectivity index (χ4n) is 3.09. The lowest BCUT2D eigenvalue weighted by molar-refractivity contribution is -0.387. The molecule has 3 rings (SSSR count). The molecule has 2 aromatic carbocycles. The van der Waals surface area contributed by atoms with E-state index < -0.39 is 20.6 Å². The Balaban J connectivity index is 1.74. The molecule has 144 valence electrons. The zero-order valence-corrected chi connectivity index (χ0v) is 15.8. The van der Waals surface area contributed by atoms with Gasteiger partial charge in [0.1, 0.15) is 5.75 Å². The molecule has 1 aliphatic heterocycles. The molecule has 0 spiro atoms. The molecule has 0 N–H and O–H groups in total. The van der Waals surface area contributed by atoms with Gasteiger partial charge in [0, 0.05) is 32.7 Å². The third-order valence-electron chi connectivity index (χ3n) is 4.56. The maximum atomic E-state index is 12.9. The van der Waals surface area contributed by atoms with Crippen LogP contribution in [0.25, 0.3) is 0 Å². The van der Waals surface area contributed by atoms with Crippen molar-refractivity contribution in [3.63, 3.8) is 0 Å². The smallest absolute Gasteiger partial charge is 0.293 e. The zero-order valence-electron chi connectivity index (χ0n) is 14.9. The van der Waals surface area contributed by atoms with E-state index >= 15 is 0 Å². The van der Waals surface area contributed by atoms with E-state index in [-0.39, 0.29) is 10.6 Å². The predicted molar refractivity (Wildman–Crippen MR) is 100 cm³/mol. The Morgan fingerprint density at radius 1 is 1.07 bits per heavy atom. The van der Waals surface area contributed by atoms with Crippen LogP contribution in [0.2, 0.25) is 0 Å². The molecular weight excluding hydrogens is 370 g/mol. The lowest BCUT2D eigenvalue weighted by Crippen LogP contribution is -2.48. The third kappa shape index (κ3) is 4.26. The summed E-state index contributed by atoms with van der Waals surface area (Å²) >= 11 is 0. The van der Waals surface area contributed by atoms with Crippen LogP contribution in [0.1, 0.15) is 5.56 Å². The van der Waals surface area contributed by atoms with Gasteiger partial charge in [0.25, 0.3) is 5.69 Å². The van der Waals surface area contributed by atoms with E-state index in [1.807, 2.05) is 30.3 Å². The minimum atomic E-state index is -3.95. The number of nitro benzene ring substituents is 1. The molecule has 8 nitrogen and oxygen atoms in total. The van der Waals surface area contributed by atoms with E-state index in [2.05, 4.69) is 4.90 Å². The number of methoxy groups -OCH3 is 1. The maximum Gasteiger partial charge on any atom is 0.293 e. The first kappa shape index (κ1) is 19.3. The Morgan fingerprint density at radius 3 is 2.33 bits per heavy atom. The first-order valence-corrected chi connectivity index (χ1v) is 9.94. The number of hydrogen-bond donors (Lipinski definition) is 0. The topological polar surface area (TPSA) is 93.0 Å². The molecule has 0 radical (unpaired) electrons. The molecule has 0 unspecified atom stereocenters. The van der Waals surface area contributed by atoms with Gasteiger partial charge in [-0.15, -0.1) is 0 Å². The van der Waals surface area contributed by atoms with Crippen LogP contribution in [0, 0.1) is 10.1 Å². The van der Waals surface area contributed by atoms with Crippen molar-refractivity contribution in [2.24, 2.45) is 0 Å². The molecule has 0 saturated carbocycles. The van der Waals surface area contributed by atoms with Gasteiger partial charge in [-0.1, -0.05) is 30.3 Å². The second kappa shape index (κ2) is 8.03. The monoisotopic (exact) mass is 391 g/mol. The van der Waals surface area contributed by atoms with Gasteiger partial charge >= 0.3 is 0 Å². The van der Waals surface area contributed by atoms with Crippen LogP contribution in [-0.4, -0.2) is 55.8 Å². The average molecular weight is 391 g/mol. The highest BCUT2D eigenvalue weighted by Crippen LogP contribution is 2.31. The number of nitrogens with zero attached hydrogens (tertiary/aromatic N) is 3. The zero-order chi connectivity index (χ0) is 19.4. The summed E-state index contributed by atoms with van der Waals surface area (Å²) in [7, 11) is -2.58. The molecule has 9 heteroatoms. The van der Waals surface area contributed by atoms with Gasteiger partial charge in [-0.3, -0.25) is 15.0 Å².